The molecule has 0 unspecified atom stereocenters. The number of hydrogen-bond acceptors (Lipinski definition) is 3. The van der Waals surface area contributed by atoms with Crippen molar-refractivity contribution >= 4 is 6.09 Å². The molecule has 2 aliphatic heterocycles. The fraction of sp³-hybridized carbons (Fsp3) is 0.417. The summed E-state index contributed by atoms with van der Waals surface area (Å²) in [6.45, 7) is 0.381. The third-order valence-corrected chi connectivity index (χ3v) is 3.39. The molecule has 4 heteroatoms. The van der Waals surface area contributed by atoms with Crippen molar-refractivity contribution in [1.29, 1.82) is 0 Å². The maximum atomic E-state index is 11.6. The highest BCUT2D eigenvalue weighted by Gasteiger charge is 2.42. The monoisotopic (exact) mass is 219 g/mol. The van der Waals surface area contributed by atoms with Gasteiger partial charge in [0.15, 0.2) is 0 Å². The van der Waals surface area contributed by atoms with E-state index < -0.39 is 0 Å². The van der Waals surface area contributed by atoms with Crippen molar-refractivity contribution in [2.24, 2.45) is 0 Å². The first-order chi connectivity index (χ1) is 7.81. The van der Waals surface area contributed by atoms with Gasteiger partial charge in [-0.05, 0) is 17.5 Å². The van der Waals surface area contributed by atoms with E-state index in [0.29, 0.717) is 13.0 Å². The Morgan fingerprint density at radius 1 is 1.44 bits per heavy atom. The molecule has 4 nitrogen and oxygen atoms in total. The van der Waals surface area contributed by atoms with E-state index in [2.05, 4.69) is 6.07 Å². The Kier molecular flexibility index (Phi) is 2.11. The summed E-state index contributed by atoms with van der Waals surface area (Å²) in [5.41, 5.74) is 2.36. The Bertz CT molecular complexity index is 432. The summed E-state index contributed by atoms with van der Waals surface area (Å²) < 4.78 is 5.06. The topological polar surface area (TPSA) is 49.8 Å². The van der Waals surface area contributed by atoms with Gasteiger partial charge in [0.05, 0.1) is 18.7 Å². The van der Waals surface area contributed by atoms with Crippen LogP contribution in [0.1, 0.15) is 17.2 Å². The van der Waals surface area contributed by atoms with Crippen LogP contribution in [0.4, 0.5) is 4.79 Å². The van der Waals surface area contributed by atoms with Gasteiger partial charge in [0.25, 0.3) is 0 Å². The summed E-state index contributed by atoms with van der Waals surface area (Å²) in [6.07, 6.45) is 0.400. The van der Waals surface area contributed by atoms with Crippen molar-refractivity contribution in [2.45, 2.75) is 18.5 Å². The van der Waals surface area contributed by atoms with Gasteiger partial charge in [-0.1, -0.05) is 24.3 Å². The number of amides is 1. The molecule has 0 aromatic heterocycles. The Morgan fingerprint density at radius 3 is 3.06 bits per heavy atom. The maximum Gasteiger partial charge on any atom is 0.410 e. The first kappa shape index (κ1) is 9.66. The number of ether oxygens (including phenoxy) is 1. The van der Waals surface area contributed by atoms with Crippen LogP contribution in [0.5, 0.6) is 0 Å². The quantitative estimate of drug-likeness (QED) is 0.769. The number of carbonyl (C=O) groups is 1. The molecule has 2 aliphatic rings. The van der Waals surface area contributed by atoms with Crippen molar-refractivity contribution < 1.29 is 14.6 Å². The second-order valence-corrected chi connectivity index (χ2v) is 4.24. The van der Waals surface area contributed by atoms with Crippen LogP contribution in [0.2, 0.25) is 0 Å². The van der Waals surface area contributed by atoms with E-state index in [1.165, 1.54) is 5.56 Å². The molecule has 1 saturated heterocycles. The van der Waals surface area contributed by atoms with Crippen LogP contribution < -0.4 is 0 Å². The first-order valence-corrected chi connectivity index (χ1v) is 5.45. The predicted molar refractivity (Wildman–Crippen MR) is 56.9 cm³/mol. The lowest BCUT2D eigenvalue weighted by Gasteiger charge is -2.35. The van der Waals surface area contributed by atoms with E-state index in [9.17, 15) is 9.90 Å². The summed E-state index contributed by atoms with van der Waals surface area (Å²) in [6, 6.07) is 7.88. The summed E-state index contributed by atoms with van der Waals surface area (Å²) >= 11 is 0. The van der Waals surface area contributed by atoms with Crippen LogP contribution in [0.3, 0.4) is 0 Å². The number of benzene rings is 1. The highest BCUT2D eigenvalue weighted by atomic mass is 16.6. The third kappa shape index (κ3) is 1.23. The van der Waals surface area contributed by atoms with Crippen molar-refractivity contribution in [1.82, 2.24) is 4.90 Å². The molecule has 1 aromatic rings. The lowest BCUT2D eigenvalue weighted by Crippen LogP contribution is -2.45. The molecular formula is C12H13NO3. The minimum atomic E-state index is -0.307. The molecule has 0 bridgehead atoms. The van der Waals surface area contributed by atoms with Crippen molar-refractivity contribution in [2.75, 3.05) is 13.2 Å². The van der Waals surface area contributed by atoms with Gasteiger partial charge in [0, 0.05) is 0 Å². The highest BCUT2D eigenvalue weighted by Crippen LogP contribution is 2.37. The second-order valence-electron chi connectivity index (χ2n) is 4.24. The minimum absolute atomic E-state index is 0.0140. The van der Waals surface area contributed by atoms with Crippen LogP contribution in [0.15, 0.2) is 24.3 Å². The molecule has 0 spiro atoms. The van der Waals surface area contributed by atoms with Gasteiger partial charge in [-0.2, -0.15) is 0 Å². The number of rotatable bonds is 1. The van der Waals surface area contributed by atoms with Crippen LogP contribution in [0.25, 0.3) is 0 Å². The van der Waals surface area contributed by atoms with E-state index in [1.54, 1.807) is 4.90 Å². The summed E-state index contributed by atoms with van der Waals surface area (Å²) in [7, 11) is 0. The number of aliphatic hydroxyl groups excluding tert-OH is 1. The molecule has 1 aromatic carbocycles. The zero-order valence-electron chi connectivity index (χ0n) is 8.80. The normalized spacial score (nSPS) is 27.3. The molecule has 0 saturated carbocycles. The molecule has 2 atom stereocenters. The fourth-order valence-corrected chi connectivity index (χ4v) is 2.63. The largest absolute Gasteiger partial charge is 0.447 e. The van der Waals surface area contributed by atoms with E-state index >= 15 is 0 Å². The standard InChI is InChI=1S/C12H13NO3/c14-6-9-5-8-3-1-2-4-10(8)11-7-16-12(15)13(9)11/h1-4,9,11,14H,5-7H2/t9-,11-/m0/s1. The van der Waals surface area contributed by atoms with Crippen LogP contribution in [-0.2, 0) is 11.2 Å². The summed E-state index contributed by atoms with van der Waals surface area (Å²) in [5, 5.41) is 9.33. The van der Waals surface area contributed by atoms with Gasteiger partial charge in [0.1, 0.15) is 6.61 Å². The smallest absolute Gasteiger partial charge is 0.410 e. The van der Waals surface area contributed by atoms with E-state index in [-0.39, 0.29) is 24.8 Å². The van der Waals surface area contributed by atoms with Gasteiger partial charge in [0.2, 0.25) is 0 Å². The van der Waals surface area contributed by atoms with Crippen molar-refractivity contribution in [3.8, 4) is 0 Å². The SMILES string of the molecule is O=C1OC[C@H]2c3ccccc3C[C@@H](CO)N12. The van der Waals surface area contributed by atoms with Gasteiger partial charge in [-0.25, -0.2) is 4.79 Å². The van der Waals surface area contributed by atoms with Gasteiger partial charge in [-0.3, -0.25) is 4.90 Å². The van der Waals surface area contributed by atoms with Gasteiger partial charge >= 0.3 is 6.09 Å². The average molecular weight is 219 g/mol. The van der Waals surface area contributed by atoms with Gasteiger partial charge < -0.3 is 9.84 Å². The van der Waals surface area contributed by atoms with E-state index in [0.717, 1.165) is 5.56 Å². The molecule has 3 rings (SSSR count). The lowest BCUT2D eigenvalue weighted by molar-refractivity contribution is 0.110. The first-order valence-electron chi connectivity index (χ1n) is 5.45. The van der Waals surface area contributed by atoms with Crippen LogP contribution in [0, 0.1) is 0 Å². The Morgan fingerprint density at radius 2 is 2.25 bits per heavy atom. The lowest BCUT2D eigenvalue weighted by atomic mass is 9.89. The van der Waals surface area contributed by atoms with E-state index in [4.69, 9.17) is 4.74 Å². The molecule has 0 aliphatic carbocycles. The highest BCUT2D eigenvalue weighted by molar-refractivity contribution is 5.72. The van der Waals surface area contributed by atoms with Crippen molar-refractivity contribution in [3.05, 3.63) is 35.4 Å². The molecule has 1 fully saturated rings. The molecule has 84 valence electrons. The van der Waals surface area contributed by atoms with Crippen LogP contribution >= 0.6 is 0 Å². The van der Waals surface area contributed by atoms with Crippen LogP contribution in [-0.4, -0.2) is 35.4 Å². The van der Waals surface area contributed by atoms with Crippen molar-refractivity contribution in [3.63, 3.8) is 0 Å². The fourth-order valence-electron chi connectivity index (χ4n) is 2.63. The third-order valence-electron chi connectivity index (χ3n) is 3.39. The minimum Gasteiger partial charge on any atom is -0.447 e. The number of aliphatic hydroxyl groups is 1. The molecule has 1 amide bonds. The number of hydrogen-bond donors (Lipinski definition) is 1. The van der Waals surface area contributed by atoms with E-state index in [1.807, 2.05) is 18.2 Å². The van der Waals surface area contributed by atoms with Gasteiger partial charge in [-0.15, -0.1) is 0 Å². The molecule has 2 heterocycles. The molecule has 16 heavy (non-hydrogen) atoms. The number of fused-ring (bicyclic) bond motifs is 3. The zero-order valence-corrected chi connectivity index (χ0v) is 8.80. The zero-order chi connectivity index (χ0) is 11.1. The molecule has 0 radical (unpaired) electrons. The molecular weight excluding hydrogens is 206 g/mol. The Hall–Kier alpha value is -1.55. The summed E-state index contributed by atoms with van der Waals surface area (Å²) in [5.74, 6) is 0. The Balaban J connectivity index is 2.07. The number of cyclic esters (lactones) is 1. The predicted octanol–water partition coefficient (Wildman–Crippen LogP) is 1.10. The maximum absolute atomic E-state index is 11.6. The molecule has 1 N–H and O–H groups in total. The average Bonchev–Trinajstić information content (AvgIpc) is 2.71. The summed E-state index contributed by atoms with van der Waals surface area (Å²) in [4.78, 5) is 13.2. The number of nitrogens with zero attached hydrogens (tertiary/aromatic N) is 1. The Labute approximate surface area is 93.4 Å². The number of carbonyl (C=O) groups excluding carboxylic acids is 1. The second kappa shape index (κ2) is 3.49.